The fourth-order valence-electron chi connectivity index (χ4n) is 1.47. The maximum atomic E-state index is 11.8. The summed E-state index contributed by atoms with van der Waals surface area (Å²) in [5, 5.41) is 2.75. The third kappa shape index (κ3) is 4.73. The molecule has 5 nitrogen and oxygen atoms in total. The van der Waals surface area contributed by atoms with E-state index >= 15 is 0 Å². The monoisotopic (exact) mass is 252 g/mol. The van der Waals surface area contributed by atoms with Crippen LogP contribution in [-0.2, 0) is 9.47 Å². The largest absolute Gasteiger partial charge is 0.398 e. The molecule has 0 bridgehead atoms. The van der Waals surface area contributed by atoms with Crippen LogP contribution in [0.15, 0.2) is 18.2 Å². The molecule has 0 saturated heterocycles. The van der Waals surface area contributed by atoms with Crippen LogP contribution in [0.3, 0.4) is 0 Å². The van der Waals surface area contributed by atoms with E-state index in [0.717, 1.165) is 5.56 Å². The summed E-state index contributed by atoms with van der Waals surface area (Å²) in [4.78, 5) is 11.8. The minimum atomic E-state index is -0.178. The highest BCUT2D eigenvalue weighted by molar-refractivity contribution is 5.99. The van der Waals surface area contributed by atoms with Crippen molar-refractivity contribution >= 4 is 11.6 Å². The maximum Gasteiger partial charge on any atom is 0.253 e. The Bertz CT molecular complexity index is 394. The molecule has 0 aromatic heterocycles. The van der Waals surface area contributed by atoms with Gasteiger partial charge in [-0.3, -0.25) is 4.79 Å². The van der Waals surface area contributed by atoms with Crippen LogP contribution in [-0.4, -0.2) is 39.4 Å². The summed E-state index contributed by atoms with van der Waals surface area (Å²) in [6.45, 7) is 3.93. The van der Waals surface area contributed by atoms with Crippen molar-refractivity contribution in [2.75, 3.05) is 39.2 Å². The average Bonchev–Trinajstić information content (AvgIpc) is 2.33. The second-order valence-electron chi connectivity index (χ2n) is 3.95. The SMILES string of the molecule is COCCOCCNC(=O)c1ccc(C)cc1N. The number of nitrogen functional groups attached to an aromatic ring is 1. The molecule has 3 N–H and O–H groups in total. The fourth-order valence-corrected chi connectivity index (χ4v) is 1.47. The first-order valence-corrected chi connectivity index (χ1v) is 5.86. The maximum absolute atomic E-state index is 11.8. The first kappa shape index (κ1) is 14.5. The van der Waals surface area contributed by atoms with Crippen LogP contribution in [0.25, 0.3) is 0 Å². The van der Waals surface area contributed by atoms with E-state index in [0.29, 0.717) is 37.6 Å². The third-order valence-electron chi connectivity index (χ3n) is 2.42. The Morgan fingerprint density at radius 1 is 1.33 bits per heavy atom. The number of ether oxygens (including phenoxy) is 2. The Balaban J connectivity index is 2.32. The number of hydrogen-bond acceptors (Lipinski definition) is 4. The van der Waals surface area contributed by atoms with E-state index in [1.807, 2.05) is 13.0 Å². The van der Waals surface area contributed by atoms with Crippen molar-refractivity contribution in [3.63, 3.8) is 0 Å². The molecule has 0 aliphatic carbocycles. The molecule has 0 unspecified atom stereocenters. The summed E-state index contributed by atoms with van der Waals surface area (Å²) in [5.41, 5.74) is 7.81. The topological polar surface area (TPSA) is 73.6 Å². The van der Waals surface area contributed by atoms with E-state index in [9.17, 15) is 4.79 Å². The number of anilines is 1. The number of benzene rings is 1. The molecule has 1 amide bonds. The molecule has 0 aliphatic heterocycles. The summed E-state index contributed by atoms with van der Waals surface area (Å²) < 4.78 is 10.1. The molecule has 0 atom stereocenters. The number of amides is 1. The van der Waals surface area contributed by atoms with E-state index in [4.69, 9.17) is 15.2 Å². The number of nitrogens with two attached hydrogens (primary N) is 1. The predicted octanol–water partition coefficient (Wildman–Crippen LogP) is 0.970. The quantitative estimate of drug-likeness (QED) is 0.560. The van der Waals surface area contributed by atoms with Gasteiger partial charge in [-0.1, -0.05) is 6.07 Å². The van der Waals surface area contributed by atoms with E-state index < -0.39 is 0 Å². The molecule has 1 aromatic rings. The molecule has 1 aromatic carbocycles. The number of carbonyl (C=O) groups excluding carboxylic acids is 1. The fraction of sp³-hybridized carbons (Fsp3) is 0.462. The van der Waals surface area contributed by atoms with Crippen molar-refractivity contribution in [2.24, 2.45) is 0 Å². The second-order valence-corrected chi connectivity index (χ2v) is 3.95. The molecular formula is C13H20N2O3. The van der Waals surface area contributed by atoms with Crippen molar-refractivity contribution in [3.8, 4) is 0 Å². The van der Waals surface area contributed by atoms with E-state index in [1.54, 1.807) is 19.2 Å². The summed E-state index contributed by atoms with van der Waals surface area (Å²) in [5.74, 6) is -0.178. The smallest absolute Gasteiger partial charge is 0.253 e. The molecule has 100 valence electrons. The van der Waals surface area contributed by atoms with Crippen LogP contribution in [0, 0.1) is 6.92 Å². The zero-order valence-corrected chi connectivity index (χ0v) is 10.9. The standard InChI is InChI=1S/C13H20N2O3/c1-10-3-4-11(12(14)9-10)13(16)15-5-6-18-8-7-17-2/h3-4,9H,5-8,14H2,1-2H3,(H,15,16). The van der Waals surface area contributed by atoms with E-state index in [2.05, 4.69) is 5.32 Å². The van der Waals surface area contributed by atoms with Crippen molar-refractivity contribution in [1.82, 2.24) is 5.32 Å². The van der Waals surface area contributed by atoms with Gasteiger partial charge in [-0.2, -0.15) is 0 Å². The van der Waals surface area contributed by atoms with Crippen LogP contribution in [0.1, 0.15) is 15.9 Å². The highest BCUT2D eigenvalue weighted by Gasteiger charge is 2.08. The predicted molar refractivity (Wildman–Crippen MR) is 70.6 cm³/mol. The molecule has 0 fully saturated rings. The van der Waals surface area contributed by atoms with Crippen molar-refractivity contribution < 1.29 is 14.3 Å². The summed E-state index contributed by atoms with van der Waals surface area (Å²) >= 11 is 0. The van der Waals surface area contributed by atoms with Gasteiger partial charge in [0.25, 0.3) is 5.91 Å². The molecule has 5 heteroatoms. The first-order valence-electron chi connectivity index (χ1n) is 5.86. The Morgan fingerprint density at radius 2 is 2.11 bits per heavy atom. The Labute approximate surface area is 107 Å². The lowest BCUT2D eigenvalue weighted by molar-refractivity contribution is 0.0693. The van der Waals surface area contributed by atoms with Crippen LogP contribution >= 0.6 is 0 Å². The normalized spacial score (nSPS) is 10.3. The minimum Gasteiger partial charge on any atom is -0.398 e. The van der Waals surface area contributed by atoms with Gasteiger partial charge in [0.2, 0.25) is 0 Å². The zero-order chi connectivity index (χ0) is 13.4. The van der Waals surface area contributed by atoms with Gasteiger partial charge in [-0.25, -0.2) is 0 Å². The molecule has 18 heavy (non-hydrogen) atoms. The van der Waals surface area contributed by atoms with Crippen molar-refractivity contribution in [1.29, 1.82) is 0 Å². The minimum absolute atomic E-state index is 0.178. The van der Waals surface area contributed by atoms with Crippen LogP contribution in [0.4, 0.5) is 5.69 Å². The number of nitrogens with one attached hydrogen (secondary N) is 1. The lowest BCUT2D eigenvalue weighted by Gasteiger charge is -2.08. The number of methoxy groups -OCH3 is 1. The molecule has 0 spiro atoms. The second kappa shape index (κ2) is 7.68. The lowest BCUT2D eigenvalue weighted by atomic mass is 10.1. The van der Waals surface area contributed by atoms with Gasteiger partial charge >= 0.3 is 0 Å². The Morgan fingerprint density at radius 3 is 2.78 bits per heavy atom. The molecule has 1 rings (SSSR count). The van der Waals surface area contributed by atoms with Gasteiger partial charge < -0.3 is 20.5 Å². The van der Waals surface area contributed by atoms with Gasteiger partial charge in [0.05, 0.1) is 25.4 Å². The molecule has 0 radical (unpaired) electrons. The van der Waals surface area contributed by atoms with Gasteiger partial charge in [0, 0.05) is 19.3 Å². The van der Waals surface area contributed by atoms with Crippen molar-refractivity contribution in [3.05, 3.63) is 29.3 Å². The first-order chi connectivity index (χ1) is 8.65. The molecular weight excluding hydrogens is 232 g/mol. The highest BCUT2D eigenvalue weighted by atomic mass is 16.5. The lowest BCUT2D eigenvalue weighted by Crippen LogP contribution is -2.28. The molecule has 0 aliphatic rings. The molecule has 0 saturated carbocycles. The van der Waals surface area contributed by atoms with Crippen LogP contribution in [0.5, 0.6) is 0 Å². The summed E-state index contributed by atoms with van der Waals surface area (Å²) in [7, 11) is 1.62. The Kier molecular flexibility index (Phi) is 6.18. The number of aryl methyl sites for hydroxylation is 1. The average molecular weight is 252 g/mol. The van der Waals surface area contributed by atoms with Gasteiger partial charge in [-0.15, -0.1) is 0 Å². The number of hydrogen-bond donors (Lipinski definition) is 2. The van der Waals surface area contributed by atoms with E-state index in [1.165, 1.54) is 0 Å². The van der Waals surface area contributed by atoms with Crippen LogP contribution in [0.2, 0.25) is 0 Å². The van der Waals surface area contributed by atoms with Crippen LogP contribution < -0.4 is 11.1 Å². The van der Waals surface area contributed by atoms with Gasteiger partial charge in [0.1, 0.15) is 0 Å². The number of carbonyl (C=O) groups is 1. The highest BCUT2D eigenvalue weighted by Crippen LogP contribution is 2.13. The summed E-state index contributed by atoms with van der Waals surface area (Å²) in [6.07, 6.45) is 0. The molecule has 0 heterocycles. The number of rotatable bonds is 7. The van der Waals surface area contributed by atoms with Gasteiger partial charge in [-0.05, 0) is 24.6 Å². The third-order valence-corrected chi connectivity index (χ3v) is 2.42. The van der Waals surface area contributed by atoms with Gasteiger partial charge in [0.15, 0.2) is 0 Å². The van der Waals surface area contributed by atoms with Crippen molar-refractivity contribution in [2.45, 2.75) is 6.92 Å². The summed E-state index contributed by atoms with van der Waals surface area (Å²) in [6, 6.07) is 5.37. The Hall–Kier alpha value is -1.59. The van der Waals surface area contributed by atoms with E-state index in [-0.39, 0.29) is 5.91 Å². The zero-order valence-electron chi connectivity index (χ0n) is 10.9.